The second-order valence-corrected chi connectivity index (χ2v) is 6.39. The summed E-state index contributed by atoms with van der Waals surface area (Å²) < 4.78 is 10.3. The third kappa shape index (κ3) is 4.94. The van der Waals surface area contributed by atoms with E-state index in [9.17, 15) is 14.4 Å². The lowest BCUT2D eigenvalue weighted by atomic mass is 9.93. The van der Waals surface area contributed by atoms with Crippen LogP contribution in [-0.2, 0) is 9.53 Å². The first-order valence-corrected chi connectivity index (χ1v) is 8.49. The van der Waals surface area contributed by atoms with Crippen LogP contribution in [0.3, 0.4) is 0 Å². The monoisotopic (exact) mass is 369 g/mol. The SMILES string of the molecule is Cc1cc(C(=O)COC(=O)c2ccc(OCC(N)=O)cc2)c(C)c(C)c1C. The van der Waals surface area contributed by atoms with Gasteiger partial charge < -0.3 is 15.2 Å². The summed E-state index contributed by atoms with van der Waals surface area (Å²) in [6.07, 6.45) is 0. The van der Waals surface area contributed by atoms with E-state index < -0.39 is 11.9 Å². The Morgan fingerprint density at radius 3 is 2.11 bits per heavy atom. The molecular weight excluding hydrogens is 346 g/mol. The van der Waals surface area contributed by atoms with E-state index in [0.29, 0.717) is 11.3 Å². The zero-order chi connectivity index (χ0) is 20.1. The Morgan fingerprint density at radius 1 is 0.889 bits per heavy atom. The molecule has 0 saturated carbocycles. The van der Waals surface area contributed by atoms with Crippen molar-refractivity contribution < 1.29 is 23.9 Å². The molecule has 0 atom stereocenters. The number of esters is 1. The summed E-state index contributed by atoms with van der Waals surface area (Å²) in [6, 6.07) is 7.87. The van der Waals surface area contributed by atoms with E-state index in [1.165, 1.54) is 24.3 Å². The minimum absolute atomic E-state index is 0.242. The van der Waals surface area contributed by atoms with E-state index in [1.807, 2.05) is 33.8 Å². The molecule has 27 heavy (non-hydrogen) atoms. The fourth-order valence-corrected chi connectivity index (χ4v) is 2.64. The Balaban J connectivity index is 2.01. The zero-order valence-corrected chi connectivity index (χ0v) is 15.9. The maximum absolute atomic E-state index is 12.5. The van der Waals surface area contributed by atoms with Crippen molar-refractivity contribution >= 4 is 17.7 Å². The molecule has 0 aliphatic rings. The minimum Gasteiger partial charge on any atom is -0.484 e. The Morgan fingerprint density at radius 2 is 1.52 bits per heavy atom. The third-order valence-corrected chi connectivity index (χ3v) is 4.59. The van der Waals surface area contributed by atoms with Gasteiger partial charge >= 0.3 is 5.97 Å². The van der Waals surface area contributed by atoms with Gasteiger partial charge in [-0.3, -0.25) is 9.59 Å². The summed E-state index contributed by atoms with van der Waals surface area (Å²) in [4.78, 5) is 35.3. The highest BCUT2D eigenvalue weighted by atomic mass is 16.5. The van der Waals surface area contributed by atoms with Crippen LogP contribution in [0.5, 0.6) is 5.75 Å². The Kier molecular flexibility index (Phi) is 6.34. The van der Waals surface area contributed by atoms with E-state index in [1.54, 1.807) is 0 Å². The lowest BCUT2D eigenvalue weighted by Gasteiger charge is -2.13. The van der Waals surface area contributed by atoms with Crippen LogP contribution in [0.4, 0.5) is 0 Å². The molecular formula is C21H23NO5. The molecule has 0 saturated heterocycles. The molecule has 1 amide bonds. The normalized spacial score (nSPS) is 10.4. The number of ketones is 1. The van der Waals surface area contributed by atoms with Crippen LogP contribution >= 0.6 is 0 Å². The Hall–Kier alpha value is -3.15. The number of carbonyl (C=O) groups is 3. The molecule has 6 heteroatoms. The lowest BCUT2D eigenvalue weighted by Crippen LogP contribution is -2.20. The number of primary amides is 1. The summed E-state index contributed by atoms with van der Waals surface area (Å²) in [5.74, 6) is -1.03. The fourth-order valence-electron chi connectivity index (χ4n) is 2.64. The molecule has 0 aliphatic heterocycles. The predicted octanol–water partition coefficient (Wildman–Crippen LogP) is 2.82. The predicted molar refractivity (Wildman–Crippen MR) is 101 cm³/mol. The Labute approximate surface area is 158 Å². The topological polar surface area (TPSA) is 95.7 Å². The number of rotatable bonds is 7. The average Bonchev–Trinajstić information content (AvgIpc) is 2.65. The number of Topliss-reactive ketones (excluding diaryl/α,β-unsaturated/α-hetero) is 1. The van der Waals surface area contributed by atoms with Crippen LogP contribution in [0.1, 0.15) is 43.0 Å². The van der Waals surface area contributed by atoms with Crippen LogP contribution < -0.4 is 10.5 Å². The first-order valence-electron chi connectivity index (χ1n) is 8.49. The van der Waals surface area contributed by atoms with Crippen LogP contribution in [-0.4, -0.2) is 30.9 Å². The van der Waals surface area contributed by atoms with Crippen molar-refractivity contribution in [3.05, 3.63) is 63.7 Å². The van der Waals surface area contributed by atoms with Crippen molar-refractivity contribution in [2.24, 2.45) is 5.73 Å². The van der Waals surface area contributed by atoms with E-state index in [0.717, 1.165) is 22.3 Å². The number of aryl methyl sites for hydroxylation is 1. The number of carbonyl (C=O) groups excluding carboxylic acids is 3. The van der Waals surface area contributed by atoms with Gasteiger partial charge in [0.1, 0.15) is 5.75 Å². The second kappa shape index (κ2) is 8.49. The quantitative estimate of drug-likeness (QED) is 0.598. The van der Waals surface area contributed by atoms with Gasteiger partial charge in [-0.1, -0.05) is 0 Å². The molecule has 142 valence electrons. The molecule has 0 radical (unpaired) electrons. The summed E-state index contributed by atoms with van der Waals surface area (Å²) in [5, 5.41) is 0. The number of benzene rings is 2. The second-order valence-electron chi connectivity index (χ2n) is 6.39. The molecule has 2 aromatic carbocycles. The standard InChI is InChI=1S/C21H23NO5/c1-12-9-18(15(4)14(3)13(12)2)19(23)10-27-21(25)16-5-7-17(8-6-16)26-11-20(22)24/h5-9H,10-11H2,1-4H3,(H2,22,24). The molecule has 0 bridgehead atoms. The summed E-state index contributed by atoms with van der Waals surface area (Å²) >= 11 is 0. The number of ether oxygens (including phenoxy) is 2. The summed E-state index contributed by atoms with van der Waals surface area (Å²) in [5.41, 5.74) is 9.99. The first-order chi connectivity index (χ1) is 12.7. The third-order valence-electron chi connectivity index (χ3n) is 4.59. The average molecular weight is 369 g/mol. The Bertz CT molecular complexity index is 884. The van der Waals surface area contributed by atoms with Crippen molar-refractivity contribution in [1.82, 2.24) is 0 Å². The highest BCUT2D eigenvalue weighted by Crippen LogP contribution is 2.22. The van der Waals surface area contributed by atoms with Crippen molar-refractivity contribution in [2.45, 2.75) is 27.7 Å². The first kappa shape index (κ1) is 20.2. The van der Waals surface area contributed by atoms with Crippen molar-refractivity contribution in [3.8, 4) is 5.75 Å². The molecule has 0 aromatic heterocycles. The number of nitrogens with two attached hydrogens (primary N) is 1. The molecule has 2 N–H and O–H groups in total. The molecule has 6 nitrogen and oxygen atoms in total. The lowest BCUT2D eigenvalue weighted by molar-refractivity contribution is -0.119. The van der Waals surface area contributed by atoms with Crippen molar-refractivity contribution in [3.63, 3.8) is 0 Å². The van der Waals surface area contributed by atoms with E-state index in [2.05, 4.69) is 0 Å². The van der Waals surface area contributed by atoms with E-state index in [4.69, 9.17) is 15.2 Å². The largest absolute Gasteiger partial charge is 0.484 e. The van der Waals surface area contributed by atoms with Crippen LogP contribution in [0.15, 0.2) is 30.3 Å². The maximum atomic E-state index is 12.5. The van der Waals surface area contributed by atoms with Crippen molar-refractivity contribution in [2.75, 3.05) is 13.2 Å². The molecule has 2 rings (SSSR count). The van der Waals surface area contributed by atoms with Gasteiger partial charge in [-0.25, -0.2) is 4.79 Å². The van der Waals surface area contributed by atoms with Gasteiger partial charge in [-0.2, -0.15) is 0 Å². The van der Waals surface area contributed by atoms with Gasteiger partial charge in [-0.15, -0.1) is 0 Å². The maximum Gasteiger partial charge on any atom is 0.338 e. The van der Waals surface area contributed by atoms with Gasteiger partial charge in [0.2, 0.25) is 5.78 Å². The number of amides is 1. The smallest absolute Gasteiger partial charge is 0.338 e. The van der Waals surface area contributed by atoms with E-state index in [-0.39, 0.29) is 24.6 Å². The molecule has 0 heterocycles. The molecule has 0 fully saturated rings. The van der Waals surface area contributed by atoms with Gasteiger partial charge in [0, 0.05) is 5.56 Å². The van der Waals surface area contributed by atoms with E-state index >= 15 is 0 Å². The molecule has 0 spiro atoms. The highest BCUT2D eigenvalue weighted by Gasteiger charge is 2.16. The van der Waals surface area contributed by atoms with Crippen molar-refractivity contribution in [1.29, 1.82) is 0 Å². The van der Waals surface area contributed by atoms with Gasteiger partial charge in [0.15, 0.2) is 13.2 Å². The fraction of sp³-hybridized carbons (Fsp3) is 0.286. The van der Waals surface area contributed by atoms with Crippen LogP contribution in [0.25, 0.3) is 0 Å². The van der Waals surface area contributed by atoms with Gasteiger partial charge in [0.05, 0.1) is 5.56 Å². The molecule has 0 unspecified atom stereocenters. The summed E-state index contributed by atoms with van der Waals surface area (Å²) in [7, 11) is 0. The number of hydrogen-bond donors (Lipinski definition) is 1. The zero-order valence-electron chi connectivity index (χ0n) is 15.9. The van der Waals surface area contributed by atoms with Crippen LogP contribution in [0, 0.1) is 27.7 Å². The van der Waals surface area contributed by atoms with Gasteiger partial charge in [-0.05, 0) is 80.3 Å². The molecule has 0 aliphatic carbocycles. The van der Waals surface area contributed by atoms with Gasteiger partial charge in [0.25, 0.3) is 5.91 Å². The summed E-state index contributed by atoms with van der Waals surface area (Å²) in [6.45, 7) is 7.26. The highest BCUT2D eigenvalue weighted by molar-refractivity contribution is 6.01. The number of hydrogen-bond acceptors (Lipinski definition) is 5. The minimum atomic E-state index is -0.608. The molecule has 2 aromatic rings. The van der Waals surface area contributed by atoms with Crippen LogP contribution in [0.2, 0.25) is 0 Å².